The fraction of sp³-hybridized carbons (Fsp3) is 0.217. The van der Waals surface area contributed by atoms with E-state index in [9.17, 15) is 4.79 Å². The number of ether oxygens (including phenoxy) is 3. The lowest BCUT2D eigenvalue weighted by Gasteiger charge is -2.16. The number of benzene rings is 2. The van der Waals surface area contributed by atoms with E-state index < -0.39 is 0 Å². The number of nitrogens with zero attached hydrogens (tertiary/aromatic N) is 2. The molecule has 5 rings (SSSR count). The Balaban J connectivity index is 1.23. The molecule has 2 aliphatic heterocycles. The Labute approximate surface area is 168 Å². The molecule has 0 aliphatic carbocycles. The Kier molecular flexibility index (Phi) is 4.52. The molecular weight excluding hydrogens is 368 g/mol. The molecule has 3 aromatic rings. The lowest BCUT2D eigenvalue weighted by molar-refractivity contribution is -0.125. The number of hydrogen-bond acceptors (Lipinski definition) is 5. The summed E-state index contributed by atoms with van der Waals surface area (Å²) in [5.74, 6) is 2.18. The van der Waals surface area contributed by atoms with E-state index in [-0.39, 0.29) is 18.8 Å². The maximum absolute atomic E-state index is 12.6. The maximum Gasteiger partial charge on any atom is 0.246 e. The van der Waals surface area contributed by atoms with E-state index in [1.165, 1.54) is 0 Å². The average molecular weight is 388 g/mol. The zero-order valence-corrected chi connectivity index (χ0v) is 15.8. The highest BCUT2D eigenvalue weighted by molar-refractivity contribution is 5.92. The van der Waals surface area contributed by atoms with E-state index in [1.54, 1.807) is 18.3 Å². The molecule has 0 radical (unpaired) electrons. The number of para-hydroxylation sites is 1. The van der Waals surface area contributed by atoms with Crippen LogP contribution in [0, 0.1) is 0 Å². The van der Waals surface area contributed by atoms with Crippen LogP contribution in [-0.4, -0.2) is 41.8 Å². The molecule has 1 amide bonds. The van der Waals surface area contributed by atoms with Gasteiger partial charge in [-0.05, 0) is 35.9 Å². The van der Waals surface area contributed by atoms with Crippen molar-refractivity contribution in [3.8, 4) is 17.2 Å². The molecule has 1 fully saturated rings. The van der Waals surface area contributed by atoms with Crippen LogP contribution >= 0.6 is 0 Å². The van der Waals surface area contributed by atoms with Crippen LogP contribution in [0.25, 0.3) is 17.0 Å². The first-order valence-electron chi connectivity index (χ1n) is 9.63. The smallest absolute Gasteiger partial charge is 0.246 e. The van der Waals surface area contributed by atoms with Gasteiger partial charge in [0.1, 0.15) is 17.4 Å². The molecule has 0 N–H and O–H groups in total. The van der Waals surface area contributed by atoms with Crippen LogP contribution in [0.1, 0.15) is 12.0 Å². The second kappa shape index (κ2) is 7.47. The fourth-order valence-electron chi connectivity index (χ4n) is 3.67. The highest BCUT2D eigenvalue weighted by atomic mass is 16.7. The van der Waals surface area contributed by atoms with Crippen LogP contribution < -0.4 is 14.2 Å². The number of amides is 1. The number of pyridine rings is 1. The van der Waals surface area contributed by atoms with Crippen LogP contribution in [0.2, 0.25) is 0 Å². The predicted molar refractivity (Wildman–Crippen MR) is 109 cm³/mol. The van der Waals surface area contributed by atoms with Crippen LogP contribution in [0.5, 0.6) is 17.2 Å². The Morgan fingerprint density at radius 1 is 1.14 bits per heavy atom. The van der Waals surface area contributed by atoms with E-state index in [0.29, 0.717) is 18.8 Å². The van der Waals surface area contributed by atoms with Crippen molar-refractivity contribution >= 4 is 22.9 Å². The summed E-state index contributed by atoms with van der Waals surface area (Å²) in [5, 5.41) is 1.04. The quantitative estimate of drug-likeness (QED) is 0.639. The predicted octanol–water partition coefficient (Wildman–Crippen LogP) is 3.66. The summed E-state index contributed by atoms with van der Waals surface area (Å²) >= 11 is 0. The largest absolute Gasteiger partial charge is 0.486 e. The van der Waals surface area contributed by atoms with E-state index in [1.807, 2.05) is 53.4 Å². The zero-order valence-electron chi connectivity index (χ0n) is 15.8. The minimum Gasteiger partial charge on any atom is -0.486 e. The number of fused-ring (bicyclic) bond motifs is 2. The minimum atomic E-state index is -0.0366. The van der Waals surface area contributed by atoms with Crippen molar-refractivity contribution in [2.75, 3.05) is 19.9 Å². The normalized spacial score (nSPS) is 17.9. The number of carbonyl (C=O) groups excluding carboxylic acids is 1. The number of hydrogen-bond donors (Lipinski definition) is 0. The summed E-state index contributed by atoms with van der Waals surface area (Å²) in [7, 11) is 0. The third kappa shape index (κ3) is 3.61. The third-order valence-corrected chi connectivity index (χ3v) is 5.16. The maximum atomic E-state index is 12.6. The minimum absolute atomic E-state index is 0.0233. The molecule has 1 atom stereocenters. The van der Waals surface area contributed by atoms with Gasteiger partial charge in [-0.15, -0.1) is 0 Å². The van der Waals surface area contributed by atoms with E-state index in [2.05, 4.69) is 4.98 Å². The Bertz CT molecular complexity index is 1090. The zero-order chi connectivity index (χ0) is 19.6. The lowest BCUT2D eigenvalue weighted by atomic mass is 10.2. The molecular formula is C23H20N2O4. The van der Waals surface area contributed by atoms with E-state index >= 15 is 0 Å². The van der Waals surface area contributed by atoms with Gasteiger partial charge in [-0.1, -0.05) is 24.3 Å². The molecule has 1 unspecified atom stereocenters. The first-order valence-corrected chi connectivity index (χ1v) is 9.63. The molecule has 0 bridgehead atoms. The molecule has 6 heteroatoms. The van der Waals surface area contributed by atoms with Gasteiger partial charge in [0.15, 0.2) is 11.5 Å². The molecule has 2 aromatic carbocycles. The summed E-state index contributed by atoms with van der Waals surface area (Å²) in [6.07, 6.45) is 5.92. The molecule has 29 heavy (non-hydrogen) atoms. The van der Waals surface area contributed by atoms with Crippen LogP contribution in [0.4, 0.5) is 0 Å². The summed E-state index contributed by atoms with van der Waals surface area (Å²) in [6, 6.07) is 15.5. The second-order valence-electron chi connectivity index (χ2n) is 7.09. The van der Waals surface area contributed by atoms with Gasteiger partial charge < -0.3 is 19.1 Å². The van der Waals surface area contributed by atoms with Gasteiger partial charge in [0, 0.05) is 30.6 Å². The summed E-state index contributed by atoms with van der Waals surface area (Å²) in [4.78, 5) is 18.8. The van der Waals surface area contributed by atoms with E-state index in [4.69, 9.17) is 14.2 Å². The van der Waals surface area contributed by atoms with Gasteiger partial charge in [-0.2, -0.15) is 0 Å². The molecule has 0 spiro atoms. The molecule has 1 aromatic heterocycles. The Hall–Kier alpha value is -3.54. The number of aromatic nitrogens is 1. The highest BCUT2D eigenvalue weighted by Crippen LogP contribution is 2.33. The van der Waals surface area contributed by atoms with Crippen molar-refractivity contribution < 1.29 is 19.0 Å². The molecule has 1 saturated heterocycles. The molecule has 6 nitrogen and oxygen atoms in total. The fourth-order valence-corrected chi connectivity index (χ4v) is 3.67. The van der Waals surface area contributed by atoms with Crippen molar-refractivity contribution in [2.45, 2.75) is 12.5 Å². The lowest BCUT2D eigenvalue weighted by Crippen LogP contribution is -2.29. The average Bonchev–Trinajstić information content (AvgIpc) is 3.41. The SMILES string of the molecule is O=C(/C=C/c1ccc2c(c1)OCO2)N1CCC(Oc2cccc3cccnc23)C1. The molecule has 146 valence electrons. The van der Waals surface area contributed by atoms with Gasteiger partial charge in [-0.3, -0.25) is 9.78 Å². The van der Waals surface area contributed by atoms with Crippen molar-refractivity contribution in [1.29, 1.82) is 0 Å². The standard InChI is InChI=1S/C23H20N2O4/c26-22(9-7-16-6-8-19-21(13-16)28-15-27-19)25-12-10-18(14-25)29-20-5-1-3-17-4-2-11-24-23(17)20/h1-9,11,13,18H,10,12,14-15H2/b9-7+. The number of rotatable bonds is 4. The van der Waals surface area contributed by atoms with Gasteiger partial charge in [0.25, 0.3) is 0 Å². The monoisotopic (exact) mass is 388 g/mol. The summed E-state index contributed by atoms with van der Waals surface area (Å²) < 4.78 is 16.9. The first-order chi connectivity index (χ1) is 14.3. The Morgan fingerprint density at radius 2 is 2.03 bits per heavy atom. The van der Waals surface area contributed by atoms with Gasteiger partial charge >= 0.3 is 0 Å². The molecule has 0 saturated carbocycles. The van der Waals surface area contributed by atoms with Crippen molar-refractivity contribution in [1.82, 2.24) is 9.88 Å². The van der Waals surface area contributed by atoms with Gasteiger partial charge in [0.05, 0.1) is 6.54 Å². The highest BCUT2D eigenvalue weighted by Gasteiger charge is 2.27. The van der Waals surface area contributed by atoms with Gasteiger partial charge in [0.2, 0.25) is 12.7 Å². The van der Waals surface area contributed by atoms with Crippen molar-refractivity contribution in [3.63, 3.8) is 0 Å². The summed E-state index contributed by atoms with van der Waals surface area (Å²) in [6.45, 7) is 1.48. The summed E-state index contributed by atoms with van der Waals surface area (Å²) in [5.41, 5.74) is 1.75. The molecule has 2 aliphatic rings. The number of likely N-dealkylation sites (tertiary alicyclic amines) is 1. The first kappa shape index (κ1) is 17.6. The van der Waals surface area contributed by atoms with Crippen LogP contribution in [0.3, 0.4) is 0 Å². The second-order valence-corrected chi connectivity index (χ2v) is 7.09. The van der Waals surface area contributed by atoms with Crippen LogP contribution in [-0.2, 0) is 4.79 Å². The van der Waals surface area contributed by atoms with E-state index in [0.717, 1.165) is 34.4 Å². The Morgan fingerprint density at radius 3 is 3.00 bits per heavy atom. The topological polar surface area (TPSA) is 60.9 Å². The third-order valence-electron chi connectivity index (χ3n) is 5.16. The molecule has 3 heterocycles. The van der Waals surface area contributed by atoms with Crippen LogP contribution in [0.15, 0.2) is 60.8 Å². The number of carbonyl (C=O) groups is 1. The van der Waals surface area contributed by atoms with Gasteiger partial charge in [-0.25, -0.2) is 0 Å². The van der Waals surface area contributed by atoms with Crippen molar-refractivity contribution in [3.05, 3.63) is 66.4 Å². The van der Waals surface area contributed by atoms with Crippen molar-refractivity contribution in [2.24, 2.45) is 0 Å².